The van der Waals surface area contributed by atoms with Crippen LogP contribution in [0.1, 0.15) is 5.56 Å². The number of thiocarbonyl (C=S) groups is 1. The summed E-state index contributed by atoms with van der Waals surface area (Å²) in [5, 5.41) is 3.68. The van der Waals surface area contributed by atoms with Gasteiger partial charge >= 0.3 is 5.97 Å². The van der Waals surface area contributed by atoms with E-state index in [2.05, 4.69) is 15.0 Å². The summed E-state index contributed by atoms with van der Waals surface area (Å²) in [6.45, 7) is 2.63. The normalized spacial score (nSPS) is 14.9. The van der Waals surface area contributed by atoms with Gasteiger partial charge in [-0.15, -0.1) is 0 Å². The van der Waals surface area contributed by atoms with Gasteiger partial charge in [-0.3, -0.25) is 9.79 Å². The molecule has 0 bridgehead atoms. The molecule has 130 valence electrons. The molecule has 0 saturated carbocycles. The molecular formula is C16H21N3O4S. The predicted molar refractivity (Wildman–Crippen MR) is 94.5 cm³/mol. The molecule has 2 rings (SSSR count). The zero-order valence-electron chi connectivity index (χ0n) is 13.8. The minimum Gasteiger partial charge on any atom is -0.497 e. The summed E-state index contributed by atoms with van der Waals surface area (Å²) in [6.07, 6.45) is 0. The highest BCUT2D eigenvalue weighted by molar-refractivity contribution is 7.80. The van der Waals surface area contributed by atoms with Crippen LogP contribution in [0.5, 0.6) is 5.75 Å². The van der Waals surface area contributed by atoms with Crippen LogP contribution in [0, 0.1) is 0 Å². The van der Waals surface area contributed by atoms with E-state index in [1.807, 2.05) is 29.2 Å². The van der Waals surface area contributed by atoms with E-state index in [-0.39, 0.29) is 6.54 Å². The van der Waals surface area contributed by atoms with Crippen LogP contribution in [0.4, 0.5) is 0 Å². The average molecular weight is 351 g/mol. The number of hydrogen-bond acceptors (Lipinski definition) is 6. The van der Waals surface area contributed by atoms with Gasteiger partial charge in [0.05, 0.1) is 27.4 Å². The molecule has 24 heavy (non-hydrogen) atoms. The minimum absolute atomic E-state index is 0.0867. The fraction of sp³-hybridized carbons (Fsp3) is 0.438. The first-order valence-corrected chi connectivity index (χ1v) is 7.94. The van der Waals surface area contributed by atoms with Gasteiger partial charge in [0.2, 0.25) is 0 Å². The number of methoxy groups -OCH3 is 2. The minimum atomic E-state index is -0.417. The summed E-state index contributed by atoms with van der Waals surface area (Å²) >= 11 is 5.44. The van der Waals surface area contributed by atoms with Crippen molar-refractivity contribution in [3.05, 3.63) is 29.8 Å². The lowest BCUT2D eigenvalue weighted by atomic mass is 10.2. The van der Waals surface area contributed by atoms with E-state index < -0.39 is 5.97 Å². The van der Waals surface area contributed by atoms with Gasteiger partial charge in [-0.1, -0.05) is 0 Å². The number of aliphatic imine (C=N–C) groups is 1. The van der Waals surface area contributed by atoms with Crippen LogP contribution in [0.15, 0.2) is 29.3 Å². The highest BCUT2D eigenvalue weighted by atomic mass is 32.1. The molecule has 7 nitrogen and oxygen atoms in total. The van der Waals surface area contributed by atoms with Crippen LogP contribution >= 0.6 is 12.2 Å². The average Bonchev–Trinajstić information content (AvgIpc) is 2.65. The molecule has 1 aliphatic rings. The smallest absolute Gasteiger partial charge is 0.327 e. The van der Waals surface area contributed by atoms with Gasteiger partial charge in [-0.05, 0) is 36.5 Å². The highest BCUT2D eigenvalue weighted by Crippen LogP contribution is 2.12. The zero-order chi connectivity index (χ0) is 17.4. The van der Waals surface area contributed by atoms with Crippen molar-refractivity contribution in [1.82, 2.24) is 10.2 Å². The molecule has 8 heteroatoms. The molecular weight excluding hydrogens is 330 g/mol. The van der Waals surface area contributed by atoms with Gasteiger partial charge in [0.1, 0.15) is 18.1 Å². The Hall–Kier alpha value is -2.19. The number of morpholine rings is 1. The second-order valence-electron chi connectivity index (χ2n) is 5.00. The summed E-state index contributed by atoms with van der Waals surface area (Å²) in [7, 11) is 2.93. The maximum atomic E-state index is 11.4. The third kappa shape index (κ3) is 5.17. The molecule has 1 saturated heterocycles. The maximum absolute atomic E-state index is 11.4. The van der Waals surface area contributed by atoms with Crippen molar-refractivity contribution in [2.75, 3.05) is 47.1 Å². The number of carbonyl (C=O) groups is 1. The molecule has 0 atom stereocenters. The molecule has 0 amide bonds. The highest BCUT2D eigenvalue weighted by Gasteiger charge is 2.16. The number of ether oxygens (including phenoxy) is 3. The first-order valence-electron chi connectivity index (χ1n) is 7.53. The van der Waals surface area contributed by atoms with Crippen LogP contribution in [0.2, 0.25) is 0 Å². The molecule has 1 aliphatic heterocycles. The molecule has 1 aromatic rings. The molecule has 1 heterocycles. The van der Waals surface area contributed by atoms with Crippen molar-refractivity contribution < 1.29 is 19.0 Å². The molecule has 0 spiro atoms. The summed E-state index contributed by atoms with van der Waals surface area (Å²) < 4.78 is 15.1. The Morgan fingerprint density at radius 2 is 1.96 bits per heavy atom. The van der Waals surface area contributed by atoms with Crippen LogP contribution < -0.4 is 10.1 Å². The number of amidine groups is 1. The summed E-state index contributed by atoms with van der Waals surface area (Å²) in [5.41, 5.74) is 0.801. The number of rotatable bonds is 4. The van der Waals surface area contributed by atoms with Crippen LogP contribution in [0.3, 0.4) is 0 Å². The Morgan fingerprint density at radius 3 is 2.54 bits per heavy atom. The van der Waals surface area contributed by atoms with E-state index in [0.29, 0.717) is 24.2 Å². The summed E-state index contributed by atoms with van der Waals surface area (Å²) in [6, 6.07) is 7.35. The fourth-order valence-electron chi connectivity index (χ4n) is 2.11. The number of benzene rings is 1. The molecule has 0 aliphatic carbocycles. The van der Waals surface area contributed by atoms with Crippen molar-refractivity contribution in [2.45, 2.75) is 0 Å². The first kappa shape index (κ1) is 18.2. The van der Waals surface area contributed by atoms with E-state index in [1.54, 1.807) is 7.11 Å². The topological polar surface area (TPSA) is 72.4 Å². The van der Waals surface area contributed by atoms with Crippen molar-refractivity contribution in [2.24, 2.45) is 4.99 Å². The van der Waals surface area contributed by atoms with Crippen LogP contribution in [0.25, 0.3) is 0 Å². The van der Waals surface area contributed by atoms with Crippen molar-refractivity contribution in [3.63, 3.8) is 0 Å². The summed E-state index contributed by atoms with van der Waals surface area (Å²) in [5.74, 6) is 0.835. The first-order chi connectivity index (χ1) is 11.6. The van der Waals surface area contributed by atoms with Gasteiger partial charge in [0, 0.05) is 18.7 Å². The molecule has 1 N–H and O–H groups in total. The SMILES string of the molecule is COC(=O)CN=C(NC(=S)N1CCOCC1)c1ccc(OC)cc1. The van der Waals surface area contributed by atoms with Gasteiger partial charge < -0.3 is 24.4 Å². The Kier molecular flexibility index (Phi) is 6.95. The lowest BCUT2D eigenvalue weighted by molar-refractivity contribution is -0.138. The largest absolute Gasteiger partial charge is 0.497 e. The van der Waals surface area contributed by atoms with E-state index in [0.717, 1.165) is 24.4 Å². The Morgan fingerprint density at radius 1 is 1.29 bits per heavy atom. The quantitative estimate of drug-likeness (QED) is 0.373. The second kappa shape index (κ2) is 9.19. The molecule has 1 aromatic carbocycles. The number of esters is 1. The van der Waals surface area contributed by atoms with Crippen molar-refractivity contribution >= 4 is 29.1 Å². The van der Waals surface area contributed by atoms with Crippen molar-refractivity contribution in [3.8, 4) is 5.75 Å². The molecule has 1 fully saturated rings. The molecule has 0 aromatic heterocycles. The lowest BCUT2D eigenvalue weighted by Gasteiger charge is -2.29. The molecule has 0 unspecified atom stereocenters. The third-order valence-corrected chi connectivity index (χ3v) is 3.84. The van der Waals surface area contributed by atoms with Crippen LogP contribution in [-0.2, 0) is 14.3 Å². The Labute approximate surface area is 146 Å². The van der Waals surface area contributed by atoms with Gasteiger partial charge in [-0.25, -0.2) is 0 Å². The monoisotopic (exact) mass is 351 g/mol. The van der Waals surface area contributed by atoms with Gasteiger partial charge in [-0.2, -0.15) is 0 Å². The number of hydrogen-bond donors (Lipinski definition) is 1. The fourth-order valence-corrected chi connectivity index (χ4v) is 2.39. The zero-order valence-corrected chi connectivity index (χ0v) is 14.6. The van der Waals surface area contributed by atoms with E-state index in [1.165, 1.54) is 7.11 Å². The lowest BCUT2D eigenvalue weighted by Crippen LogP contribution is -2.48. The van der Waals surface area contributed by atoms with E-state index in [9.17, 15) is 4.79 Å². The number of nitrogens with one attached hydrogen (secondary N) is 1. The maximum Gasteiger partial charge on any atom is 0.327 e. The van der Waals surface area contributed by atoms with E-state index in [4.69, 9.17) is 21.7 Å². The van der Waals surface area contributed by atoms with E-state index >= 15 is 0 Å². The van der Waals surface area contributed by atoms with Crippen LogP contribution in [-0.4, -0.2) is 68.9 Å². The van der Waals surface area contributed by atoms with Crippen molar-refractivity contribution in [1.29, 1.82) is 0 Å². The number of nitrogens with zero attached hydrogens (tertiary/aromatic N) is 2. The predicted octanol–water partition coefficient (Wildman–Crippen LogP) is 0.822. The Bertz CT molecular complexity index is 598. The second-order valence-corrected chi connectivity index (χ2v) is 5.39. The van der Waals surface area contributed by atoms with Gasteiger partial charge in [0.15, 0.2) is 5.11 Å². The standard InChI is InChI=1S/C16H21N3O4S/c1-21-13-5-3-12(4-6-13)15(17-11-14(20)22-2)18-16(24)19-7-9-23-10-8-19/h3-6H,7-11H2,1-2H3,(H,17,18,24). The Balaban J connectivity index is 2.14. The number of carbonyl (C=O) groups excluding carboxylic acids is 1. The molecule has 0 radical (unpaired) electrons. The third-order valence-electron chi connectivity index (χ3n) is 3.48. The summed E-state index contributed by atoms with van der Waals surface area (Å²) in [4.78, 5) is 17.7. The van der Waals surface area contributed by atoms with Gasteiger partial charge in [0.25, 0.3) is 0 Å².